The Bertz CT molecular complexity index is 471. The van der Waals surface area contributed by atoms with Crippen LogP contribution in [0, 0.1) is 5.82 Å². The molecule has 0 spiro atoms. The number of halogens is 2. The molecule has 0 aliphatic rings. The Morgan fingerprint density at radius 3 is 2.81 bits per heavy atom. The minimum absolute atomic E-state index is 0.0836. The number of amides is 2. The maximum absolute atomic E-state index is 12.9. The summed E-state index contributed by atoms with van der Waals surface area (Å²) in [5, 5.41) is 11.8. The van der Waals surface area contributed by atoms with E-state index in [2.05, 4.69) is 5.32 Å². The van der Waals surface area contributed by atoms with Crippen LogP contribution in [-0.4, -0.2) is 35.7 Å². The lowest BCUT2D eigenvalue weighted by Crippen LogP contribution is -2.42. The van der Waals surface area contributed by atoms with Crippen molar-refractivity contribution in [2.45, 2.75) is 38.8 Å². The van der Waals surface area contributed by atoms with Gasteiger partial charge in [0.1, 0.15) is 5.82 Å². The summed E-state index contributed by atoms with van der Waals surface area (Å²) in [6.45, 7) is 2.39. The fraction of sp³-hybridized carbons (Fsp3) is 0.533. The molecule has 2 amide bonds. The molecule has 0 aromatic heterocycles. The SMILES string of the molecule is CC(CCCCO)N(C)C(=O)NCc1ccc(F)cc1Cl. The van der Waals surface area contributed by atoms with E-state index in [0.29, 0.717) is 10.6 Å². The van der Waals surface area contributed by atoms with E-state index in [4.69, 9.17) is 16.7 Å². The molecule has 0 bridgehead atoms. The summed E-state index contributed by atoms with van der Waals surface area (Å²) in [4.78, 5) is 13.6. The van der Waals surface area contributed by atoms with Gasteiger partial charge < -0.3 is 15.3 Å². The van der Waals surface area contributed by atoms with Gasteiger partial charge in [-0.15, -0.1) is 0 Å². The van der Waals surface area contributed by atoms with Crippen LogP contribution in [0.2, 0.25) is 5.02 Å². The molecule has 4 nitrogen and oxygen atoms in total. The predicted octanol–water partition coefficient (Wildman–Crippen LogP) is 3.17. The van der Waals surface area contributed by atoms with E-state index in [0.717, 1.165) is 19.3 Å². The second-order valence-electron chi connectivity index (χ2n) is 5.07. The molecule has 0 heterocycles. The lowest BCUT2D eigenvalue weighted by atomic mass is 10.1. The highest BCUT2D eigenvalue weighted by atomic mass is 35.5. The molecule has 0 aliphatic heterocycles. The maximum atomic E-state index is 12.9. The van der Waals surface area contributed by atoms with E-state index >= 15 is 0 Å². The number of hydrogen-bond donors (Lipinski definition) is 2. The Kier molecular flexibility index (Phi) is 7.47. The molecule has 0 saturated carbocycles. The molecule has 0 aliphatic carbocycles. The van der Waals surface area contributed by atoms with Crippen LogP contribution in [0.5, 0.6) is 0 Å². The summed E-state index contributed by atoms with van der Waals surface area (Å²) in [6, 6.07) is 3.98. The molecular formula is C15H22ClFN2O2. The van der Waals surface area contributed by atoms with Crippen LogP contribution in [0.4, 0.5) is 9.18 Å². The number of hydrogen-bond acceptors (Lipinski definition) is 2. The first-order chi connectivity index (χ1) is 9.95. The highest BCUT2D eigenvalue weighted by molar-refractivity contribution is 6.31. The molecule has 118 valence electrons. The van der Waals surface area contributed by atoms with Crippen LogP contribution >= 0.6 is 11.6 Å². The lowest BCUT2D eigenvalue weighted by molar-refractivity contribution is 0.188. The zero-order valence-electron chi connectivity index (χ0n) is 12.4. The number of unbranched alkanes of at least 4 members (excludes halogenated alkanes) is 1. The molecule has 6 heteroatoms. The molecule has 0 radical (unpaired) electrons. The van der Waals surface area contributed by atoms with E-state index in [1.807, 2.05) is 6.92 Å². The Labute approximate surface area is 129 Å². The summed E-state index contributed by atoms with van der Waals surface area (Å²) >= 11 is 5.91. The van der Waals surface area contributed by atoms with Gasteiger partial charge in [-0.2, -0.15) is 0 Å². The molecular weight excluding hydrogens is 295 g/mol. The van der Waals surface area contributed by atoms with Gasteiger partial charge in [0.05, 0.1) is 0 Å². The summed E-state index contributed by atoms with van der Waals surface area (Å²) in [7, 11) is 1.73. The van der Waals surface area contributed by atoms with Gasteiger partial charge >= 0.3 is 6.03 Å². The van der Waals surface area contributed by atoms with Crippen LogP contribution < -0.4 is 5.32 Å². The van der Waals surface area contributed by atoms with Crippen molar-refractivity contribution < 1.29 is 14.3 Å². The van der Waals surface area contributed by atoms with Crippen molar-refractivity contribution in [3.63, 3.8) is 0 Å². The van der Waals surface area contributed by atoms with Crippen molar-refractivity contribution in [3.05, 3.63) is 34.6 Å². The minimum atomic E-state index is -0.398. The minimum Gasteiger partial charge on any atom is -0.396 e. The van der Waals surface area contributed by atoms with Crippen molar-refractivity contribution in [2.24, 2.45) is 0 Å². The third kappa shape index (κ3) is 5.89. The number of carbonyl (C=O) groups excluding carboxylic acids is 1. The first-order valence-corrected chi connectivity index (χ1v) is 7.39. The first-order valence-electron chi connectivity index (χ1n) is 7.01. The Balaban J connectivity index is 2.45. The highest BCUT2D eigenvalue weighted by Gasteiger charge is 2.15. The van der Waals surface area contributed by atoms with Crippen LogP contribution in [0.15, 0.2) is 18.2 Å². The van der Waals surface area contributed by atoms with Gasteiger partial charge in [0.15, 0.2) is 0 Å². The number of nitrogens with one attached hydrogen (secondary N) is 1. The molecule has 21 heavy (non-hydrogen) atoms. The second kappa shape index (κ2) is 8.85. The van der Waals surface area contributed by atoms with Gasteiger partial charge in [-0.3, -0.25) is 0 Å². The number of carbonyl (C=O) groups is 1. The molecule has 1 aromatic carbocycles. The Hall–Kier alpha value is -1.33. The smallest absolute Gasteiger partial charge is 0.317 e. The van der Waals surface area contributed by atoms with E-state index in [9.17, 15) is 9.18 Å². The summed E-state index contributed by atoms with van der Waals surface area (Å²) < 4.78 is 12.9. The number of aliphatic hydroxyl groups excluding tert-OH is 1. The zero-order valence-corrected chi connectivity index (χ0v) is 13.2. The number of rotatable bonds is 7. The van der Waals surface area contributed by atoms with E-state index in [1.165, 1.54) is 12.1 Å². The van der Waals surface area contributed by atoms with Gasteiger partial charge in [0, 0.05) is 31.3 Å². The van der Waals surface area contributed by atoms with Crippen molar-refractivity contribution >= 4 is 17.6 Å². The van der Waals surface area contributed by atoms with Crippen molar-refractivity contribution in [1.29, 1.82) is 0 Å². The number of benzene rings is 1. The van der Waals surface area contributed by atoms with Crippen molar-refractivity contribution in [1.82, 2.24) is 10.2 Å². The van der Waals surface area contributed by atoms with Gasteiger partial charge in [-0.25, -0.2) is 9.18 Å². The largest absolute Gasteiger partial charge is 0.396 e. The van der Waals surface area contributed by atoms with Crippen molar-refractivity contribution in [3.8, 4) is 0 Å². The third-order valence-electron chi connectivity index (χ3n) is 3.46. The first kappa shape index (κ1) is 17.7. The number of aliphatic hydroxyl groups is 1. The molecule has 2 N–H and O–H groups in total. The number of urea groups is 1. The normalized spacial score (nSPS) is 12.0. The summed E-state index contributed by atoms with van der Waals surface area (Å²) in [6.07, 6.45) is 2.45. The quantitative estimate of drug-likeness (QED) is 0.759. The van der Waals surface area contributed by atoms with E-state index in [-0.39, 0.29) is 25.2 Å². The summed E-state index contributed by atoms with van der Waals surface area (Å²) in [5.74, 6) is -0.398. The Morgan fingerprint density at radius 2 is 2.19 bits per heavy atom. The lowest BCUT2D eigenvalue weighted by Gasteiger charge is -2.25. The fourth-order valence-corrected chi connectivity index (χ4v) is 2.14. The number of nitrogens with zero attached hydrogens (tertiary/aromatic N) is 1. The Morgan fingerprint density at radius 1 is 1.48 bits per heavy atom. The third-order valence-corrected chi connectivity index (χ3v) is 3.81. The summed E-state index contributed by atoms with van der Waals surface area (Å²) in [5.41, 5.74) is 0.674. The molecule has 0 fully saturated rings. The second-order valence-corrected chi connectivity index (χ2v) is 5.48. The zero-order chi connectivity index (χ0) is 15.8. The van der Waals surface area contributed by atoms with Crippen LogP contribution in [0.3, 0.4) is 0 Å². The highest BCUT2D eigenvalue weighted by Crippen LogP contribution is 2.17. The average molecular weight is 317 g/mol. The fourth-order valence-electron chi connectivity index (χ4n) is 1.91. The molecule has 1 aromatic rings. The van der Waals surface area contributed by atoms with E-state index in [1.54, 1.807) is 18.0 Å². The molecule has 0 saturated heterocycles. The molecule has 1 atom stereocenters. The predicted molar refractivity (Wildman–Crippen MR) is 81.8 cm³/mol. The molecule has 1 unspecified atom stereocenters. The van der Waals surface area contributed by atoms with Gasteiger partial charge in [-0.05, 0) is 43.9 Å². The van der Waals surface area contributed by atoms with Gasteiger partial charge in [0.2, 0.25) is 0 Å². The standard InChI is InChI=1S/C15H22ClFN2O2/c1-11(5-3-4-8-20)19(2)15(21)18-10-12-6-7-13(17)9-14(12)16/h6-7,9,11,20H,3-5,8,10H2,1-2H3,(H,18,21). The average Bonchev–Trinajstić information content (AvgIpc) is 2.45. The van der Waals surface area contributed by atoms with Gasteiger partial charge in [-0.1, -0.05) is 17.7 Å². The van der Waals surface area contributed by atoms with Crippen LogP contribution in [0.1, 0.15) is 31.7 Å². The van der Waals surface area contributed by atoms with Gasteiger partial charge in [0.25, 0.3) is 0 Å². The topological polar surface area (TPSA) is 52.6 Å². The van der Waals surface area contributed by atoms with E-state index < -0.39 is 5.82 Å². The van der Waals surface area contributed by atoms with Crippen LogP contribution in [0.25, 0.3) is 0 Å². The maximum Gasteiger partial charge on any atom is 0.317 e. The van der Waals surface area contributed by atoms with Crippen LogP contribution in [-0.2, 0) is 6.54 Å². The van der Waals surface area contributed by atoms with Crippen molar-refractivity contribution in [2.75, 3.05) is 13.7 Å². The molecule has 1 rings (SSSR count). The monoisotopic (exact) mass is 316 g/mol.